The molecule has 0 fully saturated rings. The Morgan fingerprint density at radius 1 is 1.40 bits per heavy atom. The Morgan fingerprint density at radius 2 is 2.00 bits per heavy atom. The minimum Gasteiger partial charge on any atom is -0.481 e. The van der Waals surface area contributed by atoms with E-state index in [9.17, 15) is 9.90 Å². The fourth-order valence-electron chi connectivity index (χ4n) is 1.32. The van der Waals surface area contributed by atoms with Crippen LogP contribution in [-0.4, -0.2) is 58.0 Å². The summed E-state index contributed by atoms with van der Waals surface area (Å²) in [6.45, 7) is 4.70. The number of carboxylic acid groups (broad SMARTS) is 1. The molecule has 1 unspecified atom stereocenters. The van der Waals surface area contributed by atoms with Crippen LogP contribution in [0.1, 0.15) is 26.7 Å². The molecule has 0 saturated carbocycles. The normalized spacial score (nSPS) is 13.5. The number of aliphatic hydroxyl groups excluding tert-OH is 2. The van der Waals surface area contributed by atoms with Crippen LogP contribution < -0.4 is 0 Å². The van der Waals surface area contributed by atoms with Gasteiger partial charge < -0.3 is 15.3 Å². The highest BCUT2D eigenvalue weighted by Gasteiger charge is 2.14. The number of nitrogens with zero attached hydrogens (tertiary/aromatic N) is 1. The fraction of sp³-hybridized carbons (Fsp3) is 0.900. The lowest BCUT2D eigenvalue weighted by molar-refractivity contribution is -0.137. The molecule has 0 aromatic heterocycles. The van der Waals surface area contributed by atoms with Gasteiger partial charge in [-0.1, -0.05) is 0 Å². The molecule has 15 heavy (non-hydrogen) atoms. The van der Waals surface area contributed by atoms with Gasteiger partial charge >= 0.3 is 5.97 Å². The zero-order valence-electron chi connectivity index (χ0n) is 9.39. The van der Waals surface area contributed by atoms with Crippen molar-refractivity contribution in [3.63, 3.8) is 0 Å². The van der Waals surface area contributed by atoms with Gasteiger partial charge in [0.15, 0.2) is 0 Å². The first-order valence-corrected chi connectivity index (χ1v) is 5.22. The molecule has 90 valence electrons. The van der Waals surface area contributed by atoms with Crippen molar-refractivity contribution in [1.82, 2.24) is 4.90 Å². The van der Waals surface area contributed by atoms with Gasteiger partial charge in [-0.3, -0.25) is 9.69 Å². The number of aliphatic hydroxyl groups is 2. The summed E-state index contributed by atoms with van der Waals surface area (Å²) in [7, 11) is 0. The lowest BCUT2D eigenvalue weighted by atomic mass is 10.2. The number of carboxylic acids is 1. The van der Waals surface area contributed by atoms with Crippen molar-refractivity contribution in [1.29, 1.82) is 0 Å². The molecular weight excluding hydrogens is 198 g/mol. The average molecular weight is 219 g/mol. The molecule has 0 spiro atoms. The predicted octanol–water partition coefficient (Wildman–Crippen LogP) is -0.0852. The third kappa shape index (κ3) is 7.30. The Hall–Kier alpha value is -0.650. The molecule has 0 aromatic carbocycles. The van der Waals surface area contributed by atoms with Gasteiger partial charge in [0.2, 0.25) is 0 Å². The number of hydrogen-bond donors (Lipinski definition) is 3. The molecule has 5 heteroatoms. The van der Waals surface area contributed by atoms with Crippen molar-refractivity contribution < 1.29 is 20.1 Å². The van der Waals surface area contributed by atoms with Gasteiger partial charge in [-0.15, -0.1) is 0 Å². The molecule has 0 aliphatic carbocycles. The average Bonchev–Trinajstić information content (AvgIpc) is 2.15. The fourth-order valence-corrected chi connectivity index (χ4v) is 1.32. The molecule has 0 radical (unpaired) electrons. The lowest BCUT2D eigenvalue weighted by Gasteiger charge is -2.27. The molecule has 0 aliphatic rings. The monoisotopic (exact) mass is 219 g/mol. The molecule has 3 N–H and O–H groups in total. The Kier molecular flexibility index (Phi) is 7.29. The SMILES string of the molecule is CC(C)N(CCCC(=O)O)CC(O)CO. The second-order valence-electron chi connectivity index (χ2n) is 3.92. The van der Waals surface area contributed by atoms with E-state index >= 15 is 0 Å². The molecule has 0 bridgehead atoms. The Labute approximate surface area is 90.3 Å². The van der Waals surface area contributed by atoms with Crippen LogP contribution in [0.3, 0.4) is 0 Å². The smallest absolute Gasteiger partial charge is 0.303 e. The van der Waals surface area contributed by atoms with Crippen molar-refractivity contribution in [3.05, 3.63) is 0 Å². The van der Waals surface area contributed by atoms with E-state index in [4.69, 9.17) is 10.2 Å². The largest absolute Gasteiger partial charge is 0.481 e. The first-order chi connectivity index (χ1) is 6.97. The molecule has 1 atom stereocenters. The van der Waals surface area contributed by atoms with Crippen molar-refractivity contribution in [2.45, 2.75) is 38.8 Å². The Bertz CT molecular complexity index is 184. The van der Waals surface area contributed by atoms with Crippen LogP contribution in [0.4, 0.5) is 0 Å². The maximum Gasteiger partial charge on any atom is 0.303 e. The third-order valence-corrected chi connectivity index (χ3v) is 2.22. The molecule has 5 nitrogen and oxygen atoms in total. The maximum absolute atomic E-state index is 10.3. The van der Waals surface area contributed by atoms with Crippen LogP contribution in [0.5, 0.6) is 0 Å². The second-order valence-corrected chi connectivity index (χ2v) is 3.92. The summed E-state index contributed by atoms with van der Waals surface area (Å²) in [4.78, 5) is 12.3. The van der Waals surface area contributed by atoms with Gasteiger partial charge in [0.05, 0.1) is 12.7 Å². The molecule has 0 amide bonds. The number of carbonyl (C=O) groups is 1. The summed E-state index contributed by atoms with van der Waals surface area (Å²) in [6.07, 6.45) is -0.0541. The van der Waals surface area contributed by atoms with Crippen LogP contribution in [0, 0.1) is 0 Å². The minimum absolute atomic E-state index is 0.137. The van der Waals surface area contributed by atoms with Crippen LogP contribution in [0.15, 0.2) is 0 Å². The molecular formula is C10H21NO4. The summed E-state index contributed by atoms with van der Waals surface area (Å²) in [5, 5.41) is 26.5. The van der Waals surface area contributed by atoms with Crippen LogP contribution in [0.2, 0.25) is 0 Å². The van der Waals surface area contributed by atoms with Crippen LogP contribution >= 0.6 is 0 Å². The number of hydrogen-bond acceptors (Lipinski definition) is 4. The topological polar surface area (TPSA) is 81.0 Å². The summed E-state index contributed by atoms with van der Waals surface area (Å²) >= 11 is 0. The van der Waals surface area contributed by atoms with Gasteiger partial charge in [0, 0.05) is 19.0 Å². The summed E-state index contributed by atoms with van der Waals surface area (Å²) in [6, 6.07) is 0.236. The highest BCUT2D eigenvalue weighted by Crippen LogP contribution is 2.03. The predicted molar refractivity (Wildman–Crippen MR) is 56.7 cm³/mol. The molecule has 0 rings (SSSR count). The summed E-state index contributed by atoms with van der Waals surface area (Å²) in [5.74, 6) is -0.804. The van der Waals surface area contributed by atoms with Crippen LogP contribution in [0.25, 0.3) is 0 Å². The van der Waals surface area contributed by atoms with Crippen molar-refractivity contribution in [2.24, 2.45) is 0 Å². The van der Waals surface area contributed by atoms with Gasteiger partial charge in [-0.25, -0.2) is 0 Å². The zero-order chi connectivity index (χ0) is 11.8. The maximum atomic E-state index is 10.3. The van der Waals surface area contributed by atoms with Gasteiger partial charge in [-0.2, -0.15) is 0 Å². The van der Waals surface area contributed by atoms with E-state index in [1.165, 1.54) is 0 Å². The van der Waals surface area contributed by atoms with Gasteiger partial charge in [0.25, 0.3) is 0 Å². The highest BCUT2D eigenvalue weighted by atomic mass is 16.4. The number of aliphatic carboxylic acids is 1. The standard InChI is InChI=1S/C10H21NO4/c1-8(2)11(6-9(13)7-12)5-3-4-10(14)15/h8-9,12-13H,3-7H2,1-2H3,(H,14,15). The quantitative estimate of drug-likeness (QED) is 0.532. The second kappa shape index (κ2) is 7.62. The van der Waals surface area contributed by atoms with E-state index in [0.29, 0.717) is 19.5 Å². The van der Waals surface area contributed by atoms with E-state index in [0.717, 1.165) is 0 Å². The van der Waals surface area contributed by atoms with E-state index in [-0.39, 0.29) is 19.1 Å². The molecule has 0 heterocycles. The van der Waals surface area contributed by atoms with Gasteiger partial charge in [-0.05, 0) is 26.8 Å². The van der Waals surface area contributed by atoms with E-state index in [1.54, 1.807) is 0 Å². The first kappa shape index (κ1) is 14.3. The van der Waals surface area contributed by atoms with Crippen molar-refractivity contribution >= 4 is 5.97 Å². The molecule has 0 aromatic rings. The van der Waals surface area contributed by atoms with Crippen LogP contribution in [-0.2, 0) is 4.79 Å². The summed E-state index contributed by atoms with van der Waals surface area (Å²) < 4.78 is 0. The minimum atomic E-state index is -0.804. The van der Waals surface area contributed by atoms with Crippen molar-refractivity contribution in [3.8, 4) is 0 Å². The molecule has 0 aliphatic heterocycles. The third-order valence-electron chi connectivity index (χ3n) is 2.22. The lowest BCUT2D eigenvalue weighted by Crippen LogP contribution is -2.39. The number of rotatable bonds is 8. The van der Waals surface area contributed by atoms with E-state index in [2.05, 4.69) is 0 Å². The Morgan fingerprint density at radius 3 is 2.40 bits per heavy atom. The zero-order valence-corrected chi connectivity index (χ0v) is 9.39. The first-order valence-electron chi connectivity index (χ1n) is 5.22. The van der Waals surface area contributed by atoms with Gasteiger partial charge in [0.1, 0.15) is 0 Å². The molecule has 0 saturated heterocycles. The highest BCUT2D eigenvalue weighted by molar-refractivity contribution is 5.66. The Balaban J connectivity index is 3.88. The van der Waals surface area contributed by atoms with E-state index < -0.39 is 12.1 Å². The summed E-state index contributed by atoms with van der Waals surface area (Å²) in [5.41, 5.74) is 0. The van der Waals surface area contributed by atoms with E-state index in [1.807, 2.05) is 18.7 Å². The van der Waals surface area contributed by atoms with Crippen molar-refractivity contribution in [2.75, 3.05) is 19.7 Å².